The molecule has 1 aliphatic heterocycles. The second-order valence-corrected chi connectivity index (χ2v) is 6.42. The van der Waals surface area contributed by atoms with Gasteiger partial charge in [0.25, 0.3) is 5.91 Å². The van der Waals surface area contributed by atoms with Crippen LogP contribution in [0.4, 0.5) is 0 Å². The maximum Gasteiger partial charge on any atom is 0.273 e. The maximum absolute atomic E-state index is 12.4. The van der Waals surface area contributed by atoms with Gasteiger partial charge in [0.2, 0.25) is 0 Å². The molecule has 0 saturated heterocycles. The van der Waals surface area contributed by atoms with Crippen molar-refractivity contribution in [1.29, 1.82) is 0 Å². The summed E-state index contributed by atoms with van der Waals surface area (Å²) >= 11 is 0. The monoisotopic (exact) mass is 353 g/mol. The summed E-state index contributed by atoms with van der Waals surface area (Å²) in [7, 11) is 1.99. The number of hydrazone groups is 1. The Morgan fingerprint density at radius 1 is 1.04 bits per heavy atom. The molecule has 1 amide bonds. The second kappa shape index (κ2) is 5.88. The molecule has 0 spiro atoms. The largest absolute Gasteiger partial charge is 0.350 e. The molecule has 1 N–H and O–H groups in total. The lowest BCUT2D eigenvalue weighted by atomic mass is 10.0. The molecule has 0 bridgehead atoms. The Morgan fingerprint density at radius 2 is 1.81 bits per heavy atom. The molecule has 0 atom stereocenters. The molecule has 0 aliphatic carbocycles. The SMILES string of the molecule is Cn1cc(/C=C2\C(=O)NN=C2c2cnc3ccccc3n2)c2ccccc21. The van der Waals surface area contributed by atoms with Crippen molar-refractivity contribution in [1.82, 2.24) is 20.0 Å². The molecule has 0 fully saturated rings. The van der Waals surface area contributed by atoms with Crippen LogP contribution in [0.2, 0.25) is 0 Å². The number of carbonyl (C=O) groups is 1. The van der Waals surface area contributed by atoms with Crippen LogP contribution in [0.1, 0.15) is 11.3 Å². The molecule has 6 heteroatoms. The van der Waals surface area contributed by atoms with Gasteiger partial charge in [-0.3, -0.25) is 9.78 Å². The molecule has 0 unspecified atom stereocenters. The Balaban J connectivity index is 1.64. The van der Waals surface area contributed by atoms with E-state index in [1.807, 2.05) is 66.4 Å². The third kappa shape index (κ3) is 2.50. The average molecular weight is 353 g/mol. The Kier molecular flexibility index (Phi) is 3.36. The van der Waals surface area contributed by atoms with Crippen molar-refractivity contribution in [3.63, 3.8) is 0 Å². The number of aromatic nitrogens is 3. The van der Waals surface area contributed by atoms with Crippen molar-refractivity contribution in [2.75, 3.05) is 0 Å². The molecule has 0 radical (unpaired) electrons. The van der Waals surface area contributed by atoms with Crippen molar-refractivity contribution >= 4 is 39.6 Å². The third-order valence-electron chi connectivity index (χ3n) is 4.69. The fraction of sp³-hybridized carbons (Fsp3) is 0.0476. The number of amides is 1. The van der Waals surface area contributed by atoms with Crippen LogP contribution in [0.5, 0.6) is 0 Å². The Labute approximate surface area is 154 Å². The summed E-state index contributed by atoms with van der Waals surface area (Å²) < 4.78 is 2.04. The fourth-order valence-electron chi connectivity index (χ4n) is 3.38. The molecule has 27 heavy (non-hydrogen) atoms. The molecule has 5 rings (SSSR count). The molecule has 6 nitrogen and oxygen atoms in total. The van der Waals surface area contributed by atoms with Gasteiger partial charge < -0.3 is 4.57 Å². The minimum atomic E-state index is -0.243. The highest BCUT2D eigenvalue weighted by molar-refractivity contribution is 6.33. The zero-order chi connectivity index (χ0) is 18.4. The van der Waals surface area contributed by atoms with E-state index in [0.717, 1.165) is 27.5 Å². The van der Waals surface area contributed by atoms with Gasteiger partial charge in [-0.1, -0.05) is 30.3 Å². The van der Waals surface area contributed by atoms with Crippen LogP contribution in [-0.4, -0.2) is 26.2 Å². The van der Waals surface area contributed by atoms with E-state index in [2.05, 4.69) is 26.6 Å². The summed E-state index contributed by atoms with van der Waals surface area (Å²) in [6, 6.07) is 15.7. The summed E-state index contributed by atoms with van der Waals surface area (Å²) in [4.78, 5) is 21.5. The maximum atomic E-state index is 12.4. The summed E-state index contributed by atoms with van der Waals surface area (Å²) in [5, 5.41) is 5.28. The van der Waals surface area contributed by atoms with Gasteiger partial charge in [0.1, 0.15) is 11.4 Å². The Bertz CT molecular complexity index is 1280. The number of aryl methyl sites for hydroxylation is 1. The highest BCUT2D eigenvalue weighted by Gasteiger charge is 2.26. The summed E-state index contributed by atoms with van der Waals surface area (Å²) in [5.74, 6) is -0.243. The van der Waals surface area contributed by atoms with Gasteiger partial charge in [-0.05, 0) is 24.3 Å². The highest BCUT2D eigenvalue weighted by atomic mass is 16.2. The molecular weight excluding hydrogens is 338 g/mol. The quantitative estimate of drug-likeness (QED) is 0.563. The lowest BCUT2D eigenvalue weighted by molar-refractivity contribution is -0.116. The first kappa shape index (κ1) is 15.5. The van der Waals surface area contributed by atoms with E-state index in [0.29, 0.717) is 17.0 Å². The van der Waals surface area contributed by atoms with Crippen LogP contribution in [0.15, 0.2) is 71.6 Å². The fourth-order valence-corrected chi connectivity index (χ4v) is 3.38. The lowest BCUT2D eigenvalue weighted by Crippen LogP contribution is -2.14. The Hall–Kier alpha value is -3.80. The molecule has 2 aromatic carbocycles. The second-order valence-electron chi connectivity index (χ2n) is 6.42. The zero-order valence-electron chi connectivity index (χ0n) is 14.5. The van der Waals surface area contributed by atoms with E-state index in [4.69, 9.17) is 0 Å². The topological polar surface area (TPSA) is 72.2 Å². The summed E-state index contributed by atoms with van der Waals surface area (Å²) in [5.41, 5.74) is 7.74. The number of rotatable bonds is 2. The van der Waals surface area contributed by atoms with Crippen molar-refractivity contribution in [2.24, 2.45) is 12.1 Å². The number of hydrogen-bond donors (Lipinski definition) is 1. The molecule has 1 aliphatic rings. The molecule has 0 saturated carbocycles. The van der Waals surface area contributed by atoms with Crippen LogP contribution < -0.4 is 5.43 Å². The van der Waals surface area contributed by atoms with Gasteiger partial charge in [-0.2, -0.15) is 5.10 Å². The number of carbonyl (C=O) groups excluding carboxylic acids is 1. The van der Waals surface area contributed by atoms with Crippen LogP contribution in [-0.2, 0) is 11.8 Å². The van der Waals surface area contributed by atoms with Gasteiger partial charge in [0.05, 0.1) is 22.8 Å². The van der Waals surface area contributed by atoms with E-state index in [9.17, 15) is 4.79 Å². The lowest BCUT2D eigenvalue weighted by Gasteiger charge is -2.03. The van der Waals surface area contributed by atoms with E-state index >= 15 is 0 Å². The van der Waals surface area contributed by atoms with Gasteiger partial charge in [-0.25, -0.2) is 10.4 Å². The van der Waals surface area contributed by atoms with E-state index < -0.39 is 0 Å². The predicted molar refractivity (Wildman–Crippen MR) is 105 cm³/mol. The average Bonchev–Trinajstić information content (AvgIpc) is 3.22. The van der Waals surface area contributed by atoms with E-state index in [1.54, 1.807) is 6.20 Å². The van der Waals surface area contributed by atoms with E-state index in [1.165, 1.54) is 0 Å². The van der Waals surface area contributed by atoms with Crippen molar-refractivity contribution in [3.8, 4) is 0 Å². The van der Waals surface area contributed by atoms with Gasteiger partial charge in [0.15, 0.2) is 0 Å². The zero-order valence-corrected chi connectivity index (χ0v) is 14.5. The van der Waals surface area contributed by atoms with E-state index in [-0.39, 0.29) is 5.91 Å². The number of benzene rings is 2. The van der Waals surface area contributed by atoms with Crippen molar-refractivity contribution in [2.45, 2.75) is 0 Å². The summed E-state index contributed by atoms with van der Waals surface area (Å²) in [6.07, 6.45) is 5.52. The number of nitrogens with one attached hydrogen (secondary N) is 1. The van der Waals surface area contributed by atoms with Crippen LogP contribution in [0, 0.1) is 0 Å². The standard InChI is InChI=1S/C21H15N5O/c1-26-12-13(14-6-2-5-9-19(14)26)10-15-20(24-25-21(15)27)18-11-22-16-7-3-4-8-17(16)23-18/h2-12H,1H3,(H,25,27)/b15-10-. The summed E-state index contributed by atoms with van der Waals surface area (Å²) in [6.45, 7) is 0. The number of fused-ring (bicyclic) bond motifs is 2. The third-order valence-corrected chi connectivity index (χ3v) is 4.69. The highest BCUT2D eigenvalue weighted by Crippen LogP contribution is 2.25. The number of nitrogens with zero attached hydrogens (tertiary/aromatic N) is 4. The number of para-hydroxylation sites is 3. The predicted octanol–water partition coefficient (Wildman–Crippen LogP) is 3.04. The molecule has 2 aromatic heterocycles. The molecule has 130 valence electrons. The molecule has 4 aromatic rings. The van der Waals surface area contributed by atoms with Crippen molar-refractivity contribution < 1.29 is 4.79 Å². The normalized spacial score (nSPS) is 15.5. The van der Waals surface area contributed by atoms with Crippen molar-refractivity contribution in [3.05, 3.63) is 77.8 Å². The number of hydrogen-bond acceptors (Lipinski definition) is 4. The van der Waals surface area contributed by atoms with Gasteiger partial charge >= 0.3 is 0 Å². The van der Waals surface area contributed by atoms with Crippen LogP contribution in [0.25, 0.3) is 28.0 Å². The molecule has 3 heterocycles. The Morgan fingerprint density at radius 3 is 2.70 bits per heavy atom. The first-order valence-corrected chi connectivity index (χ1v) is 8.57. The smallest absolute Gasteiger partial charge is 0.273 e. The van der Waals surface area contributed by atoms with Gasteiger partial charge in [-0.15, -0.1) is 0 Å². The first-order valence-electron chi connectivity index (χ1n) is 8.57. The minimum Gasteiger partial charge on any atom is -0.350 e. The van der Waals surface area contributed by atoms with Gasteiger partial charge in [0, 0.05) is 29.7 Å². The van der Waals surface area contributed by atoms with Crippen LogP contribution >= 0.6 is 0 Å². The first-order chi connectivity index (χ1) is 13.2. The molecular formula is C21H15N5O. The van der Waals surface area contributed by atoms with Crippen LogP contribution in [0.3, 0.4) is 0 Å². The minimum absolute atomic E-state index is 0.243.